The average molecular weight is 331 g/mol. The molecule has 0 aliphatic heterocycles. The van der Waals surface area contributed by atoms with E-state index < -0.39 is 0 Å². The van der Waals surface area contributed by atoms with Crippen molar-refractivity contribution in [2.75, 3.05) is 17.3 Å². The van der Waals surface area contributed by atoms with E-state index in [-0.39, 0.29) is 18.2 Å². The third kappa shape index (κ3) is 4.33. The van der Waals surface area contributed by atoms with Crippen LogP contribution in [0.4, 0.5) is 11.4 Å². The van der Waals surface area contributed by atoms with E-state index >= 15 is 0 Å². The Morgan fingerprint density at radius 3 is 2.39 bits per heavy atom. The zero-order chi connectivity index (χ0) is 17.0. The molecule has 23 heavy (non-hydrogen) atoms. The van der Waals surface area contributed by atoms with E-state index in [0.717, 1.165) is 16.8 Å². The van der Waals surface area contributed by atoms with Gasteiger partial charge < -0.3 is 10.2 Å². The van der Waals surface area contributed by atoms with Crippen LogP contribution in [-0.2, 0) is 9.59 Å². The molecule has 0 aromatic heterocycles. The van der Waals surface area contributed by atoms with E-state index in [9.17, 15) is 9.59 Å². The van der Waals surface area contributed by atoms with Crippen molar-refractivity contribution in [3.05, 3.63) is 58.6 Å². The monoisotopic (exact) mass is 330 g/mol. The standard InChI is InChI=1S/C18H19ClN2O2/c1-12-9-13(2)18(15(19)10-12)20-16(22)11-17(23)21(3)14-7-5-4-6-8-14/h4-10H,11H2,1-3H3,(H,20,22). The molecule has 0 fully saturated rings. The van der Waals surface area contributed by atoms with Gasteiger partial charge in [0, 0.05) is 12.7 Å². The van der Waals surface area contributed by atoms with Gasteiger partial charge in [0.2, 0.25) is 11.8 Å². The Labute approximate surface area is 141 Å². The van der Waals surface area contributed by atoms with Crippen LogP contribution in [0.3, 0.4) is 0 Å². The third-order valence-electron chi connectivity index (χ3n) is 3.53. The molecule has 0 saturated carbocycles. The van der Waals surface area contributed by atoms with Gasteiger partial charge in [0.05, 0.1) is 10.7 Å². The lowest BCUT2D eigenvalue weighted by Gasteiger charge is -2.17. The molecule has 0 bridgehead atoms. The first-order valence-corrected chi connectivity index (χ1v) is 7.64. The van der Waals surface area contributed by atoms with E-state index in [1.165, 1.54) is 4.90 Å². The Bertz CT molecular complexity index is 706. The number of hydrogen-bond donors (Lipinski definition) is 1. The summed E-state index contributed by atoms with van der Waals surface area (Å²) in [5.74, 6) is -0.666. The summed E-state index contributed by atoms with van der Waals surface area (Å²) >= 11 is 6.16. The second-order valence-electron chi connectivity index (χ2n) is 5.45. The lowest BCUT2D eigenvalue weighted by molar-refractivity contribution is -0.125. The molecule has 1 N–H and O–H groups in total. The van der Waals surface area contributed by atoms with Crippen LogP contribution in [0.5, 0.6) is 0 Å². The van der Waals surface area contributed by atoms with E-state index in [1.807, 2.05) is 50.2 Å². The minimum atomic E-state index is -0.383. The van der Waals surface area contributed by atoms with Crippen molar-refractivity contribution in [2.24, 2.45) is 0 Å². The highest BCUT2D eigenvalue weighted by atomic mass is 35.5. The van der Waals surface area contributed by atoms with Crippen molar-refractivity contribution in [3.8, 4) is 0 Å². The molecule has 2 amide bonds. The normalized spacial score (nSPS) is 10.3. The van der Waals surface area contributed by atoms with Crippen molar-refractivity contribution in [3.63, 3.8) is 0 Å². The maximum absolute atomic E-state index is 12.2. The van der Waals surface area contributed by atoms with Gasteiger partial charge in [0.15, 0.2) is 0 Å². The Morgan fingerprint density at radius 1 is 1.13 bits per heavy atom. The number of aryl methyl sites for hydroxylation is 2. The number of amides is 2. The Kier molecular flexibility index (Phi) is 5.40. The summed E-state index contributed by atoms with van der Waals surface area (Å²) in [6.45, 7) is 3.80. The molecule has 0 heterocycles. The van der Waals surface area contributed by atoms with Crippen LogP contribution >= 0.6 is 11.6 Å². The Morgan fingerprint density at radius 2 is 1.78 bits per heavy atom. The number of hydrogen-bond acceptors (Lipinski definition) is 2. The largest absolute Gasteiger partial charge is 0.324 e. The second kappa shape index (κ2) is 7.29. The molecule has 0 atom stereocenters. The zero-order valence-electron chi connectivity index (χ0n) is 13.4. The van der Waals surface area contributed by atoms with Gasteiger partial charge in [-0.1, -0.05) is 35.9 Å². The number of halogens is 1. The number of para-hydroxylation sites is 1. The van der Waals surface area contributed by atoms with Gasteiger partial charge in [-0.05, 0) is 43.2 Å². The van der Waals surface area contributed by atoms with E-state index in [2.05, 4.69) is 5.32 Å². The first-order valence-electron chi connectivity index (χ1n) is 7.26. The molecule has 0 aliphatic rings. The van der Waals surface area contributed by atoms with Crippen LogP contribution in [-0.4, -0.2) is 18.9 Å². The minimum absolute atomic E-state index is 0.241. The highest BCUT2D eigenvalue weighted by Gasteiger charge is 2.17. The Hall–Kier alpha value is -2.33. The fourth-order valence-electron chi connectivity index (χ4n) is 2.31. The smallest absolute Gasteiger partial charge is 0.236 e. The van der Waals surface area contributed by atoms with Crippen LogP contribution in [0.2, 0.25) is 5.02 Å². The molecule has 4 nitrogen and oxygen atoms in total. The maximum Gasteiger partial charge on any atom is 0.236 e. The lowest BCUT2D eigenvalue weighted by Crippen LogP contribution is -2.30. The summed E-state index contributed by atoms with van der Waals surface area (Å²) in [7, 11) is 1.65. The molecule has 120 valence electrons. The highest BCUT2D eigenvalue weighted by molar-refractivity contribution is 6.34. The van der Waals surface area contributed by atoms with E-state index in [4.69, 9.17) is 11.6 Å². The van der Waals surface area contributed by atoms with Crippen molar-refractivity contribution in [1.29, 1.82) is 0 Å². The summed E-state index contributed by atoms with van der Waals surface area (Å²) in [5, 5.41) is 3.20. The van der Waals surface area contributed by atoms with Crippen molar-refractivity contribution in [2.45, 2.75) is 20.3 Å². The summed E-state index contributed by atoms with van der Waals surface area (Å²) in [6, 6.07) is 12.9. The summed E-state index contributed by atoms with van der Waals surface area (Å²) in [4.78, 5) is 25.8. The first-order chi connectivity index (χ1) is 10.9. The van der Waals surface area contributed by atoms with Gasteiger partial charge in [-0.2, -0.15) is 0 Å². The molecule has 5 heteroatoms. The molecular weight excluding hydrogens is 312 g/mol. The maximum atomic E-state index is 12.2. The molecule has 2 aromatic rings. The molecule has 0 saturated heterocycles. The quantitative estimate of drug-likeness (QED) is 0.863. The molecule has 0 radical (unpaired) electrons. The number of nitrogens with one attached hydrogen (secondary N) is 1. The van der Waals surface area contributed by atoms with E-state index in [1.54, 1.807) is 13.1 Å². The number of carbonyl (C=O) groups is 2. The molecule has 2 aromatic carbocycles. The summed E-state index contributed by atoms with van der Waals surface area (Å²) < 4.78 is 0. The molecule has 0 unspecified atom stereocenters. The third-order valence-corrected chi connectivity index (χ3v) is 3.82. The van der Waals surface area contributed by atoms with Crippen LogP contribution in [0, 0.1) is 13.8 Å². The molecular formula is C18H19ClN2O2. The van der Waals surface area contributed by atoms with Crippen LogP contribution in [0.15, 0.2) is 42.5 Å². The Balaban J connectivity index is 2.04. The molecule has 0 aliphatic carbocycles. The van der Waals surface area contributed by atoms with Crippen molar-refractivity contribution in [1.82, 2.24) is 0 Å². The van der Waals surface area contributed by atoms with Gasteiger partial charge in [-0.3, -0.25) is 9.59 Å². The van der Waals surface area contributed by atoms with Gasteiger partial charge in [0.1, 0.15) is 6.42 Å². The summed E-state index contributed by atoms with van der Waals surface area (Å²) in [6.07, 6.45) is -0.241. The van der Waals surface area contributed by atoms with Gasteiger partial charge in [-0.15, -0.1) is 0 Å². The highest BCUT2D eigenvalue weighted by Crippen LogP contribution is 2.27. The van der Waals surface area contributed by atoms with Crippen LogP contribution in [0.1, 0.15) is 17.5 Å². The zero-order valence-corrected chi connectivity index (χ0v) is 14.1. The number of benzene rings is 2. The minimum Gasteiger partial charge on any atom is -0.324 e. The average Bonchev–Trinajstić information content (AvgIpc) is 2.51. The fourth-order valence-corrected chi connectivity index (χ4v) is 2.68. The van der Waals surface area contributed by atoms with Crippen LogP contribution in [0.25, 0.3) is 0 Å². The molecule has 0 spiro atoms. The van der Waals surface area contributed by atoms with E-state index in [0.29, 0.717) is 10.7 Å². The van der Waals surface area contributed by atoms with Crippen molar-refractivity contribution >= 4 is 34.8 Å². The fraction of sp³-hybridized carbons (Fsp3) is 0.222. The number of carbonyl (C=O) groups excluding carboxylic acids is 2. The van der Waals surface area contributed by atoms with Crippen LogP contribution < -0.4 is 10.2 Å². The predicted octanol–water partition coefficient (Wildman–Crippen LogP) is 3.95. The van der Waals surface area contributed by atoms with Gasteiger partial charge in [-0.25, -0.2) is 0 Å². The van der Waals surface area contributed by atoms with Crippen molar-refractivity contribution < 1.29 is 9.59 Å². The predicted molar refractivity (Wildman–Crippen MR) is 94.0 cm³/mol. The molecule has 2 rings (SSSR count). The van der Waals surface area contributed by atoms with Gasteiger partial charge in [0.25, 0.3) is 0 Å². The topological polar surface area (TPSA) is 49.4 Å². The SMILES string of the molecule is Cc1cc(C)c(NC(=O)CC(=O)N(C)c2ccccc2)c(Cl)c1. The lowest BCUT2D eigenvalue weighted by atomic mass is 10.1. The number of anilines is 2. The number of rotatable bonds is 4. The second-order valence-corrected chi connectivity index (χ2v) is 5.86. The number of nitrogens with zero attached hydrogens (tertiary/aromatic N) is 1. The first kappa shape index (κ1) is 17.0. The van der Waals surface area contributed by atoms with Gasteiger partial charge >= 0.3 is 0 Å². The summed E-state index contributed by atoms with van der Waals surface area (Å²) in [5.41, 5.74) is 3.19.